The zero-order valence-electron chi connectivity index (χ0n) is 13.1. The molecule has 0 atom stereocenters. The van der Waals surface area contributed by atoms with Crippen molar-refractivity contribution in [2.45, 2.75) is 32.3 Å². The Hall–Kier alpha value is -1.58. The molecule has 118 valence electrons. The number of allylic oxidation sites excluding steroid dienone is 3. The van der Waals surface area contributed by atoms with Gasteiger partial charge in [-0.15, -0.1) is 0 Å². The van der Waals surface area contributed by atoms with Gasteiger partial charge in [-0.05, 0) is 54.4 Å². The zero-order valence-corrected chi connectivity index (χ0v) is 13.1. The van der Waals surface area contributed by atoms with Crippen LogP contribution in [0.5, 0.6) is 0 Å². The van der Waals surface area contributed by atoms with E-state index in [1.807, 2.05) is 18.2 Å². The maximum Gasteiger partial charge on any atom is 0.0687 e. The molecule has 0 unspecified atom stereocenters. The second-order valence-corrected chi connectivity index (χ2v) is 6.12. The Bertz CT molecular complexity index is 556. The summed E-state index contributed by atoms with van der Waals surface area (Å²) < 4.78 is 5.41. The Balaban J connectivity index is 1.66. The first-order chi connectivity index (χ1) is 10.9. The maximum atomic E-state index is 9.52. The highest BCUT2D eigenvalue weighted by Crippen LogP contribution is 2.28. The fourth-order valence-electron chi connectivity index (χ4n) is 3.22. The SMILES string of the molecule is OCc1ccccc1C1=CC(NCC2CCOCC2)=CCC1. The standard InChI is InChI=1S/C19H25NO2/c21-14-17-4-1-2-7-19(17)16-5-3-6-18(12-16)20-13-15-8-10-22-11-9-15/h1-2,4,6-7,12,15,20-21H,3,5,8-11,13-14H2. The highest BCUT2D eigenvalue weighted by Gasteiger charge is 2.15. The molecule has 3 heteroatoms. The van der Waals surface area contributed by atoms with Gasteiger partial charge >= 0.3 is 0 Å². The summed E-state index contributed by atoms with van der Waals surface area (Å²) >= 11 is 0. The van der Waals surface area contributed by atoms with Crippen LogP contribution < -0.4 is 5.32 Å². The van der Waals surface area contributed by atoms with Gasteiger partial charge in [0.25, 0.3) is 0 Å². The van der Waals surface area contributed by atoms with E-state index in [9.17, 15) is 5.11 Å². The Morgan fingerprint density at radius 3 is 2.82 bits per heavy atom. The van der Waals surface area contributed by atoms with E-state index in [0.29, 0.717) is 0 Å². The summed E-state index contributed by atoms with van der Waals surface area (Å²) in [4.78, 5) is 0. The third kappa shape index (κ3) is 3.79. The van der Waals surface area contributed by atoms with Gasteiger partial charge in [-0.2, -0.15) is 0 Å². The molecule has 1 aromatic carbocycles. The van der Waals surface area contributed by atoms with Crippen LogP contribution in [0.15, 0.2) is 42.1 Å². The van der Waals surface area contributed by atoms with Crippen LogP contribution >= 0.6 is 0 Å². The predicted molar refractivity (Wildman–Crippen MR) is 89.2 cm³/mol. The number of hydrogen-bond donors (Lipinski definition) is 2. The van der Waals surface area contributed by atoms with Crippen LogP contribution in [0.2, 0.25) is 0 Å². The van der Waals surface area contributed by atoms with Crippen molar-refractivity contribution in [1.82, 2.24) is 5.32 Å². The first-order valence-corrected chi connectivity index (χ1v) is 8.28. The summed E-state index contributed by atoms with van der Waals surface area (Å²) in [6.07, 6.45) is 8.94. The zero-order chi connectivity index (χ0) is 15.2. The molecule has 2 N–H and O–H groups in total. The van der Waals surface area contributed by atoms with Gasteiger partial charge in [-0.25, -0.2) is 0 Å². The molecule has 1 aliphatic carbocycles. The first kappa shape index (κ1) is 15.3. The summed E-state index contributed by atoms with van der Waals surface area (Å²) in [5.74, 6) is 0.721. The molecule has 0 radical (unpaired) electrons. The number of aliphatic hydroxyl groups is 1. The third-order valence-corrected chi connectivity index (χ3v) is 4.58. The molecular formula is C19H25NO2. The molecule has 2 aliphatic rings. The number of rotatable bonds is 5. The summed E-state index contributed by atoms with van der Waals surface area (Å²) in [6, 6.07) is 8.14. The van der Waals surface area contributed by atoms with E-state index in [4.69, 9.17) is 4.74 Å². The van der Waals surface area contributed by atoms with Crippen molar-refractivity contribution in [2.75, 3.05) is 19.8 Å². The smallest absolute Gasteiger partial charge is 0.0687 e. The molecule has 1 aliphatic heterocycles. The number of nitrogens with one attached hydrogen (secondary N) is 1. The van der Waals surface area contributed by atoms with E-state index in [0.717, 1.165) is 56.9 Å². The largest absolute Gasteiger partial charge is 0.392 e. The lowest BCUT2D eigenvalue weighted by molar-refractivity contribution is 0.0671. The Morgan fingerprint density at radius 2 is 2.00 bits per heavy atom. The van der Waals surface area contributed by atoms with Crippen molar-refractivity contribution < 1.29 is 9.84 Å². The van der Waals surface area contributed by atoms with Crippen LogP contribution in [-0.4, -0.2) is 24.9 Å². The normalized spacial score (nSPS) is 19.5. The molecule has 0 bridgehead atoms. The fraction of sp³-hybridized carbons (Fsp3) is 0.474. The fourth-order valence-corrected chi connectivity index (χ4v) is 3.22. The number of ether oxygens (including phenoxy) is 1. The topological polar surface area (TPSA) is 41.5 Å². The lowest BCUT2D eigenvalue weighted by Crippen LogP contribution is -2.27. The molecule has 1 saturated heterocycles. The number of hydrogen-bond acceptors (Lipinski definition) is 3. The minimum atomic E-state index is 0.0993. The van der Waals surface area contributed by atoms with Crippen molar-refractivity contribution >= 4 is 5.57 Å². The molecule has 0 aromatic heterocycles. The second-order valence-electron chi connectivity index (χ2n) is 6.12. The lowest BCUT2D eigenvalue weighted by atomic mass is 9.92. The van der Waals surface area contributed by atoms with Gasteiger partial charge in [-0.3, -0.25) is 0 Å². The molecule has 3 rings (SSSR count). The summed E-state index contributed by atoms with van der Waals surface area (Å²) in [7, 11) is 0. The van der Waals surface area contributed by atoms with Crippen LogP contribution in [0, 0.1) is 5.92 Å². The Morgan fingerprint density at radius 1 is 1.18 bits per heavy atom. The van der Waals surface area contributed by atoms with Crippen molar-refractivity contribution in [2.24, 2.45) is 5.92 Å². The molecule has 22 heavy (non-hydrogen) atoms. The molecule has 0 spiro atoms. The van der Waals surface area contributed by atoms with Gasteiger partial charge in [0.05, 0.1) is 6.61 Å². The van der Waals surface area contributed by atoms with Gasteiger partial charge < -0.3 is 15.2 Å². The number of aliphatic hydroxyl groups excluding tert-OH is 1. The van der Waals surface area contributed by atoms with E-state index in [2.05, 4.69) is 23.5 Å². The van der Waals surface area contributed by atoms with Gasteiger partial charge in [0.15, 0.2) is 0 Å². The van der Waals surface area contributed by atoms with Crippen LogP contribution in [0.4, 0.5) is 0 Å². The van der Waals surface area contributed by atoms with Gasteiger partial charge in [0.1, 0.15) is 0 Å². The molecule has 3 nitrogen and oxygen atoms in total. The number of benzene rings is 1. The molecule has 1 aromatic rings. The van der Waals surface area contributed by atoms with Crippen molar-refractivity contribution in [1.29, 1.82) is 0 Å². The first-order valence-electron chi connectivity index (χ1n) is 8.28. The van der Waals surface area contributed by atoms with E-state index in [1.54, 1.807) is 0 Å². The lowest BCUT2D eigenvalue weighted by Gasteiger charge is -2.24. The molecular weight excluding hydrogens is 274 g/mol. The van der Waals surface area contributed by atoms with Gasteiger partial charge in [0, 0.05) is 25.5 Å². The molecule has 0 amide bonds. The van der Waals surface area contributed by atoms with Crippen LogP contribution in [0.3, 0.4) is 0 Å². The van der Waals surface area contributed by atoms with E-state index < -0.39 is 0 Å². The van der Waals surface area contributed by atoms with E-state index >= 15 is 0 Å². The summed E-state index contributed by atoms with van der Waals surface area (Å²) in [5.41, 5.74) is 4.74. The van der Waals surface area contributed by atoms with Gasteiger partial charge in [-0.1, -0.05) is 30.3 Å². The van der Waals surface area contributed by atoms with Crippen molar-refractivity contribution in [3.05, 3.63) is 53.2 Å². The van der Waals surface area contributed by atoms with Crippen molar-refractivity contribution in [3.63, 3.8) is 0 Å². The highest BCUT2D eigenvalue weighted by molar-refractivity contribution is 5.71. The average Bonchev–Trinajstić information content (AvgIpc) is 2.61. The highest BCUT2D eigenvalue weighted by atomic mass is 16.5. The average molecular weight is 299 g/mol. The summed E-state index contributed by atoms with van der Waals surface area (Å²) in [6.45, 7) is 2.93. The van der Waals surface area contributed by atoms with E-state index in [1.165, 1.54) is 16.8 Å². The Kier molecular flexibility index (Phi) is 5.30. The Labute approximate surface area is 132 Å². The van der Waals surface area contributed by atoms with Crippen molar-refractivity contribution in [3.8, 4) is 0 Å². The molecule has 1 heterocycles. The maximum absolute atomic E-state index is 9.52. The van der Waals surface area contributed by atoms with Gasteiger partial charge in [0.2, 0.25) is 0 Å². The molecule has 0 saturated carbocycles. The minimum absolute atomic E-state index is 0.0993. The van der Waals surface area contributed by atoms with Crippen LogP contribution in [0.1, 0.15) is 36.8 Å². The van der Waals surface area contributed by atoms with Crippen LogP contribution in [0.25, 0.3) is 5.57 Å². The minimum Gasteiger partial charge on any atom is -0.392 e. The molecule has 1 fully saturated rings. The quantitative estimate of drug-likeness (QED) is 0.877. The predicted octanol–water partition coefficient (Wildman–Crippen LogP) is 3.26. The monoisotopic (exact) mass is 299 g/mol. The second kappa shape index (κ2) is 7.61. The third-order valence-electron chi connectivity index (χ3n) is 4.58. The van der Waals surface area contributed by atoms with Crippen LogP contribution in [-0.2, 0) is 11.3 Å². The summed E-state index contributed by atoms with van der Waals surface area (Å²) in [5, 5.41) is 13.1. The van der Waals surface area contributed by atoms with E-state index in [-0.39, 0.29) is 6.61 Å².